The minimum absolute atomic E-state index is 0.117. The highest BCUT2D eigenvalue weighted by atomic mass is 19.1. The summed E-state index contributed by atoms with van der Waals surface area (Å²) in [6.45, 7) is 1.36. The average Bonchev–Trinajstić information content (AvgIpc) is 3.14. The summed E-state index contributed by atoms with van der Waals surface area (Å²) in [5.74, 6) is -1.41. The molecule has 1 aromatic heterocycles. The topological polar surface area (TPSA) is 65.6 Å². The van der Waals surface area contributed by atoms with Crippen LogP contribution in [0, 0.1) is 11.6 Å². The lowest BCUT2D eigenvalue weighted by Gasteiger charge is -2.44. The fraction of sp³-hybridized carbons (Fsp3) is 0.400. The van der Waals surface area contributed by atoms with Crippen LogP contribution in [0.3, 0.4) is 0 Å². The maximum atomic E-state index is 14.0. The molecule has 1 aliphatic heterocycles. The Labute approximate surface area is 185 Å². The number of carboxylic acids is 1. The number of fused-ring (bicyclic) bond motifs is 2. The van der Waals surface area contributed by atoms with Crippen LogP contribution in [-0.2, 0) is 12.8 Å². The summed E-state index contributed by atoms with van der Waals surface area (Å²) in [6.07, 6.45) is 7.42. The molecule has 1 unspecified atom stereocenters. The zero-order chi connectivity index (χ0) is 22.2. The zero-order valence-corrected chi connectivity index (χ0v) is 17.7. The quantitative estimate of drug-likeness (QED) is 0.547. The molecular formula is C25H26F2N2O3. The second kappa shape index (κ2) is 8.54. The van der Waals surface area contributed by atoms with Gasteiger partial charge in [0.1, 0.15) is 24.0 Å². The summed E-state index contributed by atoms with van der Waals surface area (Å²) in [7, 11) is 0. The smallest absolute Gasteiger partial charge is 0.336 e. The van der Waals surface area contributed by atoms with Crippen molar-refractivity contribution in [3.63, 3.8) is 0 Å². The third-order valence-electron chi connectivity index (χ3n) is 6.90. The Hall–Kier alpha value is -2.93. The van der Waals surface area contributed by atoms with Crippen LogP contribution in [0.4, 0.5) is 8.78 Å². The summed E-state index contributed by atoms with van der Waals surface area (Å²) in [5, 5.41) is 10.2. The number of benzene rings is 2. The van der Waals surface area contributed by atoms with Gasteiger partial charge in [-0.15, -0.1) is 0 Å². The molecule has 2 heterocycles. The van der Waals surface area contributed by atoms with Crippen LogP contribution in [0.1, 0.15) is 47.2 Å². The highest BCUT2D eigenvalue weighted by Gasteiger charge is 2.34. The third-order valence-corrected chi connectivity index (χ3v) is 6.90. The first-order valence-corrected chi connectivity index (χ1v) is 11.2. The molecule has 1 aliphatic carbocycles. The lowest BCUT2D eigenvalue weighted by molar-refractivity contribution is 0.0430. The monoisotopic (exact) mass is 440 g/mol. The number of H-pyrrole nitrogens is 1. The first-order chi connectivity index (χ1) is 15.5. The van der Waals surface area contributed by atoms with E-state index in [1.54, 1.807) is 18.3 Å². The Bertz CT molecular complexity index is 1160. The summed E-state index contributed by atoms with van der Waals surface area (Å²) in [4.78, 5) is 17.1. The van der Waals surface area contributed by atoms with E-state index in [-0.39, 0.29) is 6.04 Å². The van der Waals surface area contributed by atoms with Crippen LogP contribution >= 0.6 is 0 Å². The lowest BCUT2D eigenvalue weighted by Crippen LogP contribution is -2.51. The zero-order valence-electron chi connectivity index (χ0n) is 17.7. The highest BCUT2D eigenvalue weighted by Crippen LogP contribution is 2.34. The van der Waals surface area contributed by atoms with Crippen molar-refractivity contribution in [3.8, 4) is 5.75 Å². The van der Waals surface area contributed by atoms with E-state index in [0.29, 0.717) is 47.7 Å². The van der Waals surface area contributed by atoms with Crippen LogP contribution in [0.25, 0.3) is 10.9 Å². The fourth-order valence-corrected chi connectivity index (χ4v) is 5.06. The number of carboxylic acid groups (broad SMARTS) is 1. The van der Waals surface area contributed by atoms with Crippen molar-refractivity contribution in [1.29, 1.82) is 0 Å². The van der Waals surface area contributed by atoms with Crippen LogP contribution in [-0.4, -0.2) is 46.2 Å². The number of nitrogens with one attached hydrogen (secondary N) is 1. The summed E-state index contributed by atoms with van der Waals surface area (Å²) >= 11 is 0. The standard InChI is InChI=1S/C25H26F2N2O3/c26-16-10-20-15(13-28-24(20)22(27)11-16)4-3-9-29(17-5-1-6-17)18-12-21-19(25(30)31)7-2-8-23(21)32-14-18/h2,7-8,10-11,13,17-18,28H,1,3-6,9,12,14H2,(H,30,31). The van der Waals surface area contributed by atoms with Gasteiger partial charge in [0.2, 0.25) is 0 Å². The molecule has 7 heteroatoms. The van der Waals surface area contributed by atoms with Gasteiger partial charge in [-0.3, -0.25) is 4.90 Å². The molecule has 168 valence electrons. The van der Waals surface area contributed by atoms with Gasteiger partial charge in [-0.25, -0.2) is 13.6 Å². The SMILES string of the molecule is O=C(O)c1cccc2c1CC(N(CCCc1c[nH]c3c(F)cc(F)cc13)C1CCC1)CO2. The molecule has 0 saturated heterocycles. The molecular weight excluding hydrogens is 414 g/mol. The number of aromatic carboxylic acids is 1. The van der Waals surface area contributed by atoms with E-state index in [4.69, 9.17) is 4.74 Å². The van der Waals surface area contributed by atoms with E-state index in [2.05, 4.69) is 9.88 Å². The molecule has 2 aromatic carbocycles. The van der Waals surface area contributed by atoms with Crippen molar-refractivity contribution in [2.45, 2.75) is 50.6 Å². The molecule has 5 rings (SSSR count). The number of aryl methyl sites for hydroxylation is 1. The maximum absolute atomic E-state index is 14.0. The lowest BCUT2D eigenvalue weighted by atomic mass is 9.88. The second-order valence-corrected chi connectivity index (χ2v) is 8.81. The summed E-state index contributed by atoms with van der Waals surface area (Å²) in [5.41, 5.74) is 2.33. The molecule has 2 aliphatic rings. The Kier molecular flexibility index (Phi) is 5.59. The summed E-state index contributed by atoms with van der Waals surface area (Å²) in [6, 6.07) is 8.06. The van der Waals surface area contributed by atoms with Crippen molar-refractivity contribution in [3.05, 3.63) is 64.9 Å². The average molecular weight is 440 g/mol. The van der Waals surface area contributed by atoms with Gasteiger partial charge < -0.3 is 14.8 Å². The number of ether oxygens (including phenoxy) is 1. The van der Waals surface area contributed by atoms with Gasteiger partial charge in [0.15, 0.2) is 0 Å². The Balaban J connectivity index is 1.31. The van der Waals surface area contributed by atoms with Crippen LogP contribution in [0.2, 0.25) is 0 Å². The van der Waals surface area contributed by atoms with E-state index in [1.165, 1.54) is 12.5 Å². The number of aromatic nitrogens is 1. The Morgan fingerprint density at radius 2 is 2.06 bits per heavy atom. The Morgan fingerprint density at radius 1 is 1.22 bits per heavy atom. The normalized spacial score (nSPS) is 18.4. The Morgan fingerprint density at radius 3 is 2.81 bits per heavy atom. The number of carbonyl (C=O) groups is 1. The number of halogens is 2. The van der Waals surface area contributed by atoms with Crippen molar-refractivity contribution in [2.75, 3.05) is 13.2 Å². The molecule has 3 aromatic rings. The first-order valence-electron chi connectivity index (χ1n) is 11.2. The van der Waals surface area contributed by atoms with Crippen LogP contribution in [0.15, 0.2) is 36.5 Å². The minimum Gasteiger partial charge on any atom is -0.492 e. The van der Waals surface area contributed by atoms with Gasteiger partial charge >= 0.3 is 5.97 Å². The highest BCUT2D eigenvalue weighted by molar-refractivity contribution is 5.90. The van der Waals surface area contributed by atoms with E-state index in [1.807, 2.05) is 6.07 Å². The maximum Gasteiger partial charge on any atom is 0.336 e. The molecule has 1 atom stereocenters. The second-order valence-electron chi connectivity index (χ2n) is 8.81. The summed E-state index contributed by atoms with van der Waals surface area (Å²) < 4.78 is 33.7. The van der Waals surface area contributed by atoms with Gasteiger partial charge in [-0.2, -0.15) is 0 Å². The third kappa shape index (κ3) is 3.86. The van der Waals surface area contributed by atoms with Crippen molar-refractivity contribution in [2.24, 2.45) is 0 Å². The van der Waals surface area contributed by atoms with E-state index in [0.717, 1.165) is 43.0 Å². The number of nitrogens with zero attached hydrogens (tertiary/aromatic N) is 1. The van der Waals surface area contributed by atoms with E-state index >= 15 is 0 Å². The molecule has 0 spiro atoms. The predicted molar refractivity (Wildman–Crippen MR) is 117 cm³/mol. The number of hydrogen-bond acceptors (Lipinski definition) is 3. The molecule has 32 heavy (non-hydrogen) atoms. The van der Waals surface area contributed by atoms with Crippen LogP contribution < -0.4 is 4.74 Å². The molecule has 1 saturated carbocycles. The largest absolute Gasteiger partial charge is 0.492 e. The minimum atomic E-state index is -0.930. The number of aromatic amines is 1. The van der Waals surface area contributed by atoms with E-state index in [9.17, 15) is 18.7 Å². The number of rotatable bonds is 7. The van der Waals surface area contributed by atoms with Gasteiger partial charge in [0, 0.05) is 35.3 Å². The molecule has 0 radical (unpaired) electrons. The van der Waals surface area contributed by atoms with Crippen molar-refractivity contribution in [1.82, 2.24) is 9.88 Å². The molecule has 2 N–H and O–H groups in total. The fourth-order valence-electron chi connectivity index (χ4n) is 5.06. The van der Waals surface area contributed by atoms with Crippen LogP contribution in [0.5, 0.6) is 5.75 Å². The van der Waals surface area contributed by atoms with Gasteiger partial charge in [-0.05, 0) is 62.4 Å². The van der Waals surface area contributed by atoms with E-state index < -0.39 is 17.6 Å². The molecule has 5 nitrogen and oxygen atoms in total. The first kappa shape index (κ1) is 20.9. The van der Waals surface area contributed by atoms with Gasteiger partial charge in [0.05, 0.1) is 11.1 Å². The van der Waals surface area contributed by atoms with Gasteiger partial charge in [-0.1, -0.05) is 12.5 Å². The van der Waals surface area contributed by atoms with Crippen molar-refractivity contribution >= 4 is 16.9 Å². The predicted octanol–water partition coefficient (Wildman–Crippen LogP) is 4.94. The number of hydrogen-bond donors (Lipinski definition) is 2. The molecule has 0 amide bonds. The molecule has 1 fully saturated rings. The molecule has 0 bridgehead atoms. The van der Waals surface area contributed by atoms with Crippen molar-refractivity contribution < 1.29 is 23.4 Å². The van der Waals surface area contributed by atoms with Gasteiger partial charge in [0.25, 0.3) is 0 Å².